The molecule has 182 valence electrons. The second-order valence-corrected chi connectivity index (χ2v) is 8.02. The molecule has 0 radical (unpaired) electrons. The number of rotatable bonds is 7. The lowest BCUT2D eigenvalue weighted by Gasteiger charge is -2.13. The van der Waals surface area contributed by atoms with Crippen molar-refractivity contribution in [1.82, 2.24) is 4.98 Å². The summed E-state index contributed by atoms with van der Waals surface area (Å²) in [6, 6.07) is 16.6. The highest BCUT2D eigenvalue weighted by Gasteiger charge is 2.28. The van der Waals surface area contributed by atoms with Gasteiger partial charge in [0.25, 0.3) is 5.91 Å². The van der Waals surface area contributed by atoms with Crippen molar-refractivity contribution in [2.75, 3.05) is 11.9 Å². The Morgan fingerprint density at radius 2 is 1.86 bits per heavy atom. The van der Waals surface area contributed by atoms with Gasteiger partial charge in [-0.3, -0.25) is 4.79 Å². The number of benzene rings is 2. The summed E-state index contributed by atoms with van der Waals surface area (Å²) in [5.41, 5.74) is 3.40. The van der Waals surface area contributed by atoms with Crippen LogP contribution in [-0.2, 0) is 16.0 Å². The fraction of sp³-hybridized carbons (Fsp3) is 0.148. The van der Waals surface area contributed by atoms with Gasteiger partial charge in [-0.1, -0.05) is 30.3 Å². The fourth-order valence-corrected chi connectivity index (χ4v) is 4.22. The molecule has 0 aliphatic heterocycles. The van der Waals surface area contributed by atoms with E-state index in [9.17, 15) is 18.4 Å². The molecule has 5 rings (SSSR count). The van der Waals surface area contributed by atoms with E-state index in [4.69, 9.17) is 14.1 Å². The van der Waals surface area contributed by atoms with E-state index in [-0.39, 0.29) is 11.4 Å². The highest BCUT2D eigenvalue weighted by atomic mass is 19.3. The summed E-state index contributed by atoms with van der Waals surface area (Å²) in [7, 11) is 0. The Morgan fingerprint density at radius 1 is 1.06 bits per heavy atom. The second kappa shape index (κ2) is 9.99. The molecule has 0 saturated carbocycles. The fourth-order valence-electron chi connectivity index (χ4n) is 4.22. The maximum atomic E-state index is 13.2. The molecule has 4 aromatic rings. The van der Waals surface area contributed by atoms with Crippen molar-refractivity contribution in [1.29, 1.82) is 0 Å². The van der Waals surface area contributed by atoms with E-state index >= 15 is 0 Å². The molecular formula is C27H20F2N2O5. The van der Waals surface area contributed by atoms with Gasteiger partial charge in [-0.15, -0.1) is 0 Å². The molecular weight excluding hydrogens is 470 g/mol. The first-order valence-corrected chi connectivity index (χ1v) is 11.2. The van der Waals surface area contributed by atoms with Gasteiger partial charge < -0.3 is 19.2 Å². The predicted molar refractivity (Wildman–Crippen MR) is 129 cm³/mol. The Hall–Kier alpha value is -4.53. The number of pyridine rings is 1. The molecule has 0 saturated heterocycles. The maximum absolute atomic E-state index is 13.2. The number of carbonyl (C=O) groups excluding carboxylic acids is 2. The molecule has 9 heteroatoms. The number of hydrogen-bond donors (Lipinski definition) is 1. The number of fused-ring (bicyclic) bond motifs is 2. The van der Waals surface area contributed by atoms with E-state index < -0.39 is 25.1 Å². The topological polar surface area (TPSA) is 90.7 Å². The van der Waals surface area contributed by atoms with Crippen molar-refractivity contribution in [2.24, 2.45) is 0 Å². The molecule has 0 unspecified atom stereocenters. The van der Waals surface area contributed by atoms with Gasteiger partial charge in [0.1, 0.15) is 11.5 Å². The third kappa shape index (κ3) is 4.81. The lowest BCUT2D eigenvalue weighted by atomic mass is 10.0. The van der Waals surface area contributed by atoms with Gasteiger partial charge in [0.15, 0.2) is 6.61 Å². The number of halogens is 2. The lowest BCUT2D eigenvalue weighted by Crippen LogP contribution is -2.22. The summed E-state index contributed by atoms with van der Waals surface area (Å²) in [5.74, 6) is -0.871. The number of amides is 1. The van der Waals surface area contributed by atoms with Crippen LogP contribution in [0.15, 0.2) is 71.3 Å². The number of aromatic nitrogens is 1. The highest BCUT2D eigenvalue weighted by Crippen LogP contribution is 2.38. The monoisotopic (exact) mass is 490 g/mol. The number of esters is 1. The number of furan rings is 1. The van der Waals surface area contributed by atoms with E-state index in [1.165, 1.54) is 18.2 Å². The SMILES string of the molecule is O=C(COC(=O)c1c2c(nc3ccccc13)C(=Cc1ccco1)CC2)Nc1ccccc1OC(F)F. The van der Waals surface area contributed by atoms with Crippen molar-refractivity contribution < 1.29 is 32.3 Å². The van der Waals surface area contributed by atoms with E-state index in [1.54, 1.807) is 30.5 Å². The third-order valence-electron chi connectivity index (χ3n) is 5.72. The van der Waals surface area contributed by atoms with Gasteiger partial charge in [-0.2, -0.15) is 8.78 Å². The summed E-state index contributed by atoms with van der Waals surface area (Å²) in [6.07, 6.45) is 4.73. The minimum absolute atomic E-state index is 0.0433. The molecule has 36 heavy (non-hydrogen) atoms. The van der Waals surface area contributed by atoms with Crippen molar-refractivity contribution in [3.8, 4) is 5.75 Å². The van der Waals surface area contributed by atoms with Crippen molar-refractivity contribution in [3.63, 3.8) is 0 Å². The normalized spacial score (nSPS) is 13.7. The van der Waals surface area contributed by atoms with Crippen LogP contribution >= 0.6 is 0 Å². The zero-order valence-electron chi connectivity index (χ0n) is 18.9. The highest BCUT2D eigenvalue weighted by molar-refractivity contribution is 6.08. The van der Waals surface area contributed by atoms with Crippen LogP contribution in [0.5, 0.6) is 5.75 Å². The average molecular weight is 490 g/mol. The lowest BCUT2D eigenvalue weighted by molar-refractivity contribution is -0.119. The molecule has 1 aliphatic carbocycles. The van der Waals surface area contributed by atoms with E-state index in [2.05, 4.69) is 10.1 Å². The van der Waals surface area contributed by atoms with Gasteiger partial charge in [0, 0.05) is 5.39 Å². The maximum Gasteiger partial charge on any atom is 0.387 e. The second-order valence-electron chi connectivity index (χ2n) is 8.02. The van der Waals surface area contributed by atoms with E-state index in [1.807, 2.05) is 24.3 Å². The molecule has 1 amide bonds. The van der Waals surface area contributed by atoms with Crippen LogP contribution in [-0.4, -0.2) is 30.1 Å². The summed E-state index contributed by atoms with van der Waals surface area (Å²) in [5, 5.41) is 3.06. The summed E-state index contributed by atoms with van der Waals surface area (Å²) in [4.78, 5) is 30.4. The smallest absolute Gasteiger partial charge is 0.387 e. The molecule has 2 aromatic carbocycles. The molecule has 1 N–H and O–H groups in total. The van der Waals surface area contributed by atoms with Gasteiger partial charge in [-0.25, -0.2) is 9.78 Å². The van der Waals surface area contributed by atoms with Crippen LogP contribution in [0.3, 0.4) is 0 Å². The number of nitrogens with zero attached hydrogens (tertiary/aromatic N) is 1. The summed E-state index contributed by atoms with van der Waals surface area (Å²) < 4.78 is 40.5. The van der Waals surface area contributed by atoms with Crippen LogP contribution in [0.4, 0.5) is 14.5 Å². The Kier molecular flexibility index (Phi) is 6.44. The van der Waals surface area contributed by atoms with Crippen molar-refractivity contribution in [2.45, 2.75) is 19.5 Å². The number of ether oxygens (including phenoxy) is 2. The zero-order valence-corrected chi connectivity index (χ0v) is 18.9. The largest absolute Gasteiger partial charge is 0.465 e. The number of nitrogens with one attached hydrogen (secondary N) is 1. The number of allylic oxidation sites excluding steroid dienone is 1. The van der Waals surface area contributed by atoms with E-state index in [0.717, 1.165) is 11.1 Å². The molecule has 1 aliphatic rings. The van der Waals surface area contributed by atoms with Crippen LogP contribution < -0.4 is 10.1 Å². The van der Waals surface area contributed by atoms with Gasteiger partial charge in [0.05, 0.1) is 28.7 Å². The number of hydrogen-bond acceptors (Lipinski definition) is 6. The summed E-state index contributed by atoms with van der Waals surface area (Å²) >= 11 is 0. The Balaban J connectivity index is 1.39. The molecule has 2 heterocycles. The van der Waals surface area contributed by atoms with Gasteiger partial charge in [-0.05, 0) is 60.4 Å². The van der Waals surface area contributed by atoms with E-state index in [0.29, 0.717) is 40.8 Å². The number of carbonyl (C=O) groups is 2. The standard InChI is InChI=1S/C27H20F2N2O5/c28-27(29)36-22-10-4-3-9-21(22)30-23(32)15-35-26(33)24-18-7-1-2-8-20(18)31-25-16(11-12-19(24)25)14-17-6-5-13-34-17/h1-10,13-14,27H,11-12,15H2,(H,30,32). The summed E-state index contributed by atoms with van der Waals surface area (Å²) in [6.45, 7) is -3.66. The Labute approximate surface area is 204 Å². The van der Waals surface area contributed by atoms with Crippen LogP contribution in [0, 0.1) is 0 Å². The molecule has 0 spiro atoms. The van der Waals surface area contributed by atoms with Crippen molar-refractivity contribution in [3.05, 3.63) is 89.5 Å². The molecule has 2 aromatic heterocycles. The first-order valence-electron chi connectivity index (χ1n) is 11.2. The average Bonchev–Trinajstić information content (AvgIpc) is 3.52. The Morgan fingerprint density at radius 3 is 2.67 bits per heavy atom. The molecule has 0 atom stereocenters. The van der Waals surface area contributed by atoms with Gasteiger partial charge >= 0.3 is 12.6 Å². The van der Waals surface area contributed by atoms with Crippen LogP contribution in [0.2, 0.25) is 0 Å². The van der Waals surface area contributed by atoms with Crippen molar-refractivity contribution >= 4 is 40.1 Å². The third-order valence-corrected chi connectivity index (χ3v) is 5.72. The molecule has 0 bridgehead atoms. The first-order chi connectivity index (χ1) is 17.5. The molecule has 7 nitrogen and oxygen atoms in total. The predicted octanol–water partition coefficient (Wildman–Crippen LogP) is 5.71. The van der Waals surface area contributed by atoms with Crippen LogP contribution in [0.1, 0.15) is 33.8 Å². The van der Waals surface area contributed by atoms with Crippen LogP contribution in [0.25, 0.3) is 22.6 Å². The zero-order chi connectivity index (χ0) is 25.1. The minimum Gasteiger partial charge on any atom is -0.465 e. The number of para-hydroxylation sites is 3. The number of anilines is 1. The number of alkyl halides is 2. The minimum atomic E-state index is -3.05. The quantitative estimate of drug-likeness (QED) is 0.334. The Bertz CT molecular complexity index is 1460. The molecule has 0 fully saturated rings. The first kappa shape index (κ1) is 23.2. The van der Waals surface area contributed by atoms with Gasteiger partial charge in [0.2, 0.25) is 0 Å².